The van der Waals surface area contributed by atoms with Crippen LogP contribution in [0.3, 0.4) is 0 Å². The monoisotopic (exact) mass is 463 g/mol. The van der Waals surface area contributed by atoms with E-state index in [0.717, 1.165) is 43.8 Å². The van der Waals surface area contributed by atoms with E-state index >= 15 is 0 Å². The van der Waals surface area contributed by atoms with Crippen LogP contribution in [-0.2, 0) is 14.3 Å². The topological polar surface area (TPSA) is 74.6 Å². The summed E-state index contributed by atoms with van der Waals surface area (Å²) in [5, 5.41) is 11.5. The van der Waals surface area contributed by atoms with Gasteiger partial charge in [-0.1, -0.05) is 67.9 Å². The standard InChI is InChI=1S/C28H37N3O3/c1-3-8-26(28(32)30-17-16-29)34-27(23-9-5-4-6-10-23)24-14-12-22(13-15-24)25-11-7-18-31(21-25)19-20-33-2/h4-6,9-10,12-15,25-27H,3,7-8,11,17-21H2,1-2H3,(H,30,32)/t25?,26-,27+/m0/s1. The van der Waals surface area contributed by atoms with Crippen LogP contribution in [0, 0.1) is 11.3 Å². The Morgan fingerprint density at radius 3 is 2.59 bits per heavy atom. The molecule has 1 saturated heterocycles. The third-order valence-corrected chi connectivity index (χ3v) is 6.42. The second kappa shape index (κ2) is 13.9. The Labute approximate surface area is 203 Å². The lowest BCUT2D eigenvalue weighted by molar-refractivity contribution is -0.135. The Balaban J connectivity index is 1.79. The van der Waals surface area contributed by atoms with E-state index in [1.807, 2.05) is 43.3 Å². The Hall–Kier alpha value is -2.72. The Kier molecular flexibility index (Phi) is 10.6. The van der Waals surface area contributed by atoms with Crippen molar-refractivity contribution in [2.75, 3.05) is 39.9 Å². The maximum atomic E-state index is 12.7. The fourth-order valence-electron chi connectivity index (χ4n) is 4.60. The van der Waals surface area contributed by atoms with Crippen LogP contribution in [0.4, 0.5) is 0 Å². The number of methoxy groups -OCH3 is 1. The highest BCUT2D eigenvalue weighted by atomic mass is 16.5. The molecule has 0 bridgehead atoms. The molecule has 3 rings (SSSR count). The van der Waals surface area contributed by atoms with E-state index in [2.05, 4.69) is 34.5 Å². The first-order valence-corrected chi connectivity index (χ1v) is 12.3. The zero-order valence-electron chi connectivity index (χ0n) is 20.4. The molecule has 0 aromatic heterocycles. The number of hydrogen-bond acceptors (Lipinski definition) is 5. The molecule has 0 spiro atoms. The highest BCUT2D eigenvalue weighted by Gasteiger charge is 2.26. The van der Waals surface area contributed by atoms with Gasteiger partial charge in [-0.05, 0) is 48.4 Å². The van der Waals surface area contributed by atoms with E-state index < -0.39 is 6.10 Å². The van der Waals surface area contributed by atoms with Gasteiger partial charge in [-0.2, -0.15) is 5.26 Å². The SMILES string of the molecule is CCC[C@H](O[C@H](c1ccccc1)c1ccc(C2CCCN(CCOC)C2)cc1)C(=O)NCC#N. The van der Waals surface area contributed by atoms with Gasteiger partial charge in [0.15, 0.2) is 0 Å². The summed E-state index contributed by atoms with van der Waals surface area (Å²) in [6.07, 6.45) is 2.83. The van der Waals surface area contributed by atoms with E-state index in [-0.39, 0.29) is 18.6 Å². The minimum absolute atomic E-state index is 0.0180. The summed E-state index contributed by atoms with van der Waals surface area (Å²) in [6.45, 7) is 5.94. The summed E-state index contributed by atoms with van der Waals surface area (Å²) in [5.41, 5.74) is 3.37. The number of carbonyl (C=O) groups excluding carboxylic acids is 1. The van der Waals surface area contributed by atoms with Gasteiger partial charge in [0.05, 0.1) is 12.7 Å². The number of ether oxygens (including phenoxy) is 2. The van der Waals surface area contributed by atoms with Crippen molar-refractivity contribution in [3.05, 3.63) is 71.3 Å². The van der Waals surface area contributed by atoms with Crippen molar-refractivity contribution in [1.82, 2.24) is 10.2 Å². The van der Waals surface area contributed by atoms with Crippen LogP contribution in [0.1, 0.15) is 61.3 Å². The Bertz CT molecular complexity index is 911. The van der Waals surface area contributed by atoms with Gasteiger partial charge in [-0.15, -0.1) is 0 Å². The van der Waals surface area contributed by atoms with Gasteiger partial charge < -0.3 is 19.7 Å². The lowest BCUT2D eigenvalue weighted by Gasteiger charge is -2.33. The van der Waals surface area contributed by atoms with E-state index in [0.29, 0.717) is 12.3 Å². The summed E-state index contributed by atoms with van der Waals surface area (Å²) in [5.74, 6) is 0.277. The molecule has 182 valence electrons. The number of benzene rings is 2. The summed E-state index contributed by atoms with van der Waals surface area (Å²) in [4.78, 5) is 15.1. The summed E-state index contributed by atoms with van der Waals surface area (Å²) >= 11 is 0. The average molecular weight is 464 g/mol. The van der Waals surface area contributed by atoms with Gasteiger partial charge in [-0.3, -0.25) is 4.79 Å². The van der Waals surface area contributed by atoms with Gasteiger partial charge >= 0.3 is 0 Å². The van der Waals surface area contributed by atoms with Crippen LogP contribution in [-0.4, -0.2) is 56.8 Å². The second-order valence-corrected chi connectivity index (χ2v) is 8.88. The number of likely N-dealkylation sites (tertiary alicyclic amines) is 1. The lowest BCUT2D eigenvalue weighted by Crippen LogP contribution is -2.37. The first kappa shape index (κ1) is 25.9. The van der Waals surface area contributed by atoms with Crippen LogP contribution in [0.15, 0.2) is 54.6 Å². The predicted molar refractivity (Wildman–Crippen MR) is 133 cm³/mol. The van der Waals surface area contributed by atoms with E-state index in [4.69, 9.17) is 14.7 Å². The quantitative estimate of drug-likeness (QED) is 0.472. The number of amides is 1. The minimum Gasteiger partial charge on any atom is -0.383 e. The predicted octanol–water partition coefficient (Wildman–Crippen LogP) is 4.43. The van der Waals surface area contributed by atoms with Crippen LogP contribution < -0.4 is 5.32 Å². The van der Waals surface area contributed by atoms with Crippen molar-refractivity contribution < 1.29 is 14.3 Å². The molecular formula is C28H37N3O3. The molecule has 0 aliphatic carbocycles. The molecule has 1 fully saturated rings. The zero-order chi connectivity index (χ0) is 24.2. The van der Waals surface area contributed by atoms with Crippen molar-refractivity contribution in [2.24, 2.45) is 0 Å². The molecule has 2 aromatic carbocycles. The van der Waals surface area contributed by atoms with E-state index in [1.54, 1.807) is 7.11 Å². The van der Waals surface area contributed by atoms with Crippen molar-refractivity contribution in [1.29, 1.82) is 5.26 Å². The van der Waals surface area contributed by atoms with Gasteiger partial charge in [0.25, 0.3) is 0 Å². The van der Waals surface area contributed by atoms with Crippen molar-refractivity contribution in [2.45, 2.75) is 50.7 Å². The normalized spacial score (nSPS) is 18.1. The number of nitrogens with zero attached hydrogens (tertiary/aromatic N) is 2. The number of nitrogens with one attached hydrogen (secondary N) is 1. The molecule has 1 heterocycles. The molecule has 1 amide bonds. The van der Waals surface area contributed by atoms with Gasteiger partial charge in [0.1, 0.15) is 18.8 Å². The molecule has 1 aliphatic rings. The number of piperidine rings is 1. The van der Waals surface area contributed by atoms with Crippen LogP contribution in [0.5, 0.6) is 0 Å². The molecule has 34 heavy (non-hydrogen) atoms. The highest BCUT2D eigenvalue weighted by Crippen LogP contribution is 2.32. The fourth-order valence-corrected chi connectivity index (χ4v) is 4.60. The van der Waals surface area contributed by atoms with E-state index in [1.165, 1.54) is 18.4 Å². The Morgan fingerprint density at radius 2 is 1.91 bits per heavy atom. The molecule has 0 saturated carbocycles. The van der Waals surface area contributed by atoms with Gasteiger partial charge in [0.2, 0.25) is 5.91 Å². The molecular weight excluding hydrogens is 426 g/mol. The number of carbonyl (C=O) groups is 1. The lowest BCUT2D eigenvalue weighted by atomic mass is 9.89. The van der Waals surface area contributed by atoms with Gasteiger partial charge in [-0.25, -0.2) is 0 Å². The third kappa shape index (κ3) is 7.39. The van der Waals surface area contributed by atoms with Crippen molar-refractivity contribution in [3.8, 4) is 6.07 Å². The maximum absolute atomic E-state index is 12.7. The maximum Gasteiger partial charge on any atom is 0.250 e. The molecule has 1 unspecified atom stereocenters. The molecule has 1 N–H and O–H groups in total. The van der Waals surface area contributed by atoms with Crippen molar-refractivity contribution in [3.63, 3.8) is 0 Å². The average Bonchev–Trinajstić information content (AvgIpc) is 2.89. The van der Waals surface area contributed by atoms with Crippen molar-refractivity contribution >= 4 is 5.91 Å². The molecule has 2 aromatic rings. The smallest absolute Gasteiger partial charge is 0.250 e. The molecule has 1 aliphatic heterocycles. The van der Waals surface area contributed by atoms with E-state index in [9.17, 15) is 4.79 Å². The molecule has 3 atom stereocenters. The summed E-state index contributed by atoms with van der Waals surface area (Å²) in [7, 11) is 1.75. The third-order valence-electron chi connectivity index (χ3n) is 6.42. The Morgan fingerprint density at radius 1 is 1.18 bits per heavy atom. The second-order valence-electron chi connectivity index (χ2n) is 8.88. The number of nitriles is 1. The first-order chi connectivity index (χ1) is 16.7. The molecule has 6 heteroatoms. The molecule has 6 nitrogen and oxygen atoms in total. The number of hydrogen-bond donors (Lipinski definition) is 1. The van der Waals surface area contributed by atoms with Gasteiger partial charge in [0, 0.05) is 20.2 Å². The first-order valence-electron chi connectivity index (χ1n) is 12.3. The number of rotatable bonds is 12. The van der Waals surface area contributed by atoms with Crippen LogP contribution in [0.2, 0.25) is 0 Å². The largest absolute Gasteiger partial charge is 0.383 e. The van der Waals surface area contributed by atoms with Crippen LogP contribution in [0.25, 0.3) is 0 Å². The molecule has 0 radical (unpaired) electrons. The summed E-state index contributed by atoms with van der Waals surface area (Å²) in [6, 6.07) is 20.7. The fraction of sp³-hybridized carbons (Fsp3) is 0.500. The summed E-state index contributed by atoms with van der Waals surface area (Å²) < 4.78 is 11.7. The minimum atomic E-state index is -0.615. The van der Waals surface area contributed by atoms with Crippen LogP contribution >= 0.6 is 0 Å². The highest BCUT2D eigenvalue weighted by molar-refractivity contribution is 5.81. The zero-order valence-corrected chi connectivity index (χ0v) is 20.4.